The number of amides is 1. The number of carbonyl (C=O) groups is 5. The smallest absolute Gasteiger partial charge is 0.336 e. The van der Waals surface area contributed by atoms with E-state index in [4.69, 9.17) is 0 Å². The van der Waals surface area contributed by atoms with E-state index >= 15 is 0 Å². The minimum atomic E-state index is -1.05. The molecule has 0 spiro atoms. The van der Waals surface area contributed by atoms with Crippen LogP contribution in [0.3, 0.4) is 0 Å². The summed E-state index contributed by atoms with van der Waals surface area (Å²) in [7, 11) is 1.58. The Labute approximate surface area is 411 Å². The van der Waals surface area contributed by atoms with Crippen molar-refractivity contribution in [3.8, 4) is 0 Å². The van der Waals surface area contributed by atoms with Crippen LogP contribution in [0.1, 0.15) is 157 Å². The summed E-state index contributed by atoms with van der Waals surface area (Å²) in [6.45, 7) is 29.8. The van der Waals surface area contributed by atoms with Crippen molar-refractivity contribution in [1.29, 1.82) is 0 Å². The number of nitrogens with one attached hydrogen (secondary N) is 1. The van der Waals surface area contributed by atoms with E-state index in [1.165, 1.54) is 46.1 Å². The summed E-state index contributed by atoms with van der Waals surface area (Å²) >= 11 is 0. The molecule has 0 bridgehead atoms. The zero-order chi connectivity index (χ0) is 50.7. The lowest BCUT2D eigenvalue weighted by Crippen LogP contribution is -2.24. The Morgan fingerprint density at radius 3 is 1.29 bits per heavy atom. The first kappa shape index (κ1) is 54.9. The summed E-state index contributed by atoms with van der Waals surface area (Å²) in [5.41, 5.74) is 14.6. The van der Waals surface area contributed by atoms with Crippen molar-refractivity contribution < 1.29 is 34.2 Å². The number of aliphatic hydroxyl groups is 1. The van der Waals surface area contributed by atoms with Gasteiger partial charge < -0.3 is 15.5 Å². The van der Waals surface area contributed by atoms with E-state index in [2.05, 4.69) is 125 Å². The summed E-state index contributed by atoms with van der Waals surface area (Å²) in [5.74, 6) is -1.36. The molecule has 3 N–H and O–H groups in total. The Bertz CT molecular complexity index is 2820. The number of allylic oxidation sites excluding steroid dienone is 5. The van der Waals surface area contributed by atoms with Crippen LogP contribution in [0.15, 0.2) is 109 Å². The topological polar surface area (TPSA) is 138 Å². The molecule has 4 aliphatic carbocycles. The maximum Gasteiger partial charge on any atom is 0.336 e. The molecule has 0 radical (unpaired) electrons. The van der Waals surface area contributed by atoms with Crippen LogP contribution in [0.25, 0.3) is 23.0 Å². The van der Waals surface area contributed by atoms with Crippen LogP contribution in [0.4, 0.5) is 0 Å². The normalized spacial score (nSPS) is 14.9. The SMILES string of the molecule is C.C=C1C=Cc2cc(C(C)(C)C)ccc2C1.CC(C)(C)c1ccc2c(c1)C(C(=O)O)=CC(=O)C2.CC(C)(C)c1ccc2c(c1)C(O)=CC(=O)C2.CNC(=O)C1=CC(=O)Cc2ccc(C(C)(C)C)cc21. The van der Waals surface area contributed by atoms with Gasteiger partial charge in [-0.1, -0.05) is 182 Å². The van der Waals surface area contributed by atoms with Gasteiger partial charge in [-0.15, -0.1) is 0 Å². The molecule has 364 valence electrons. The number of rotatable bonds is 2. The number of benzene rings is 4. The summed E-state index contributed by atoms with van der Waals surface area (Å²) in [5, 5.41) is 21.5. The van der Waals surface area contributed by atoms with E-state index in [-0.39, 0.29) is 70.1 Å². The largest absolute Gasteiger partial charge is 0.507 e. The number of hydrogen-bond donors (Lipinski definition) is 3. The molecule has 4 aromatic rings. The monoisotopic (exact) mass is 932 g/mol. The fourth-order valence-electron chi connectivity index (χ4n) is 8.14. The van der Waals surface area contributed by atoms with Crippen molar-refractivity contribution in [3.05, 3.63) is 176 Å². The van der Waals surface area contributed by atoms with Crippen LogP contribution in [0.5, 0.6) is 0 Å². The third-order valence-corrected chi connectivity index (χ3v) is 12.4. The first-order valence-electron chi connectivity index (χ1n) is 23.2. The Kier molecular flexibility index (Phi) is 17.0. The number of likely N-dealkylation sites (N-methyl/N-ethyl adjacent to an activating group) is 1. The van der Waals surface area contributed by atoms with Crippen molar-refractivity contribution in [2.75, 3.05) is 7.05 Å². The van der Waals surface area contributed by atoms with Crippen LogP contribution in [0, 0.1) is 0 Å². The number of carboxylic acid groups (broad SMARTS) is 1. The number of hydrogen-bond acceptors (Lipinski definition) is 6. The first-order chi connectivity index (χ1) is 31.5. The zero-order valence-corrected chi connectivity index (χ0v) is 42.3. The van der Waals surface area contributed by atoms with E-state index in [0.717, 1.165) is 45.4 Å². The second kappa shape index (κ2) is 21.3. The quantitative estimate of drug-likeness (QED) is 0.182. The first-order valence-corrected chi connectivity index (χ1v) is 23.2. The molecule has 1 amide bonds. The lowest BCUT2D eigenvalue weighted by molar-refractivity contribution is -0.130. The van der Waals surface area contributed by atoms with Gasteiger partial charge in [-0.3, -0.25) is 19.2 Å². The van der Waals surface area contributed by atoms with E-state index in [1.54, 1.807) is 7.05 Å². The summed E-state index contributed by atoms with van der Waals surface area (Å²) in [6, 6.07) is 24.5. The van der Waals surface area contributed by atoms with Gasteiger partial charge in [0.05, 0.1) is 11.1 Å². The number of ketones is 3. The van der Waals surface area contributed by atoms with Crippen LogP contribution < -0.4 is 5.32 Å². The molecule has 0 saturated heterocycles. The molecule has 0 heterocycles. The fourth-order valence-corrected chi connectivity index (χ4v) is 8.14. The molecule has 8 heteroatoms. The lowest BCUT2D eigenvalue weighted by atomic mass is 9.81. The maximum atomic E-state index is 11.9. The average molecular weight is 932 g/mol. The minimum absolute atomic E-state index is 0. The van der Waals surface area contributed by atoms with Gasteiger partial charge in [0.1, 0.15) is 5.76 Å². The molecule has 0 fully saturated rings. The molecule has 69 heavy (non-hydrogen) atoms. The maximum absolute atomic E-state index is 11.9. The number of aliphatic carboxylic acids is 1. The number of carboxylic acids is 1. The molecule has 0 unspecified atom stereocenters. The highest BCUT2D eigenvalue weighted by molar-refractivity contribution is 6.26. The zero-order valence-electron chi connectivity index (χ0n) is 42.3. The van der Waals surface area contributed by atoms with Crippen LogP contribution in [0.2, 0.25) is 0 Å². The molecule has 0 aliphatic heterocycles. The highest BCUT2D eigenvalue weighted by Crippen LogP contribution is 2.34. The van der Waals surface area contributed by atoms with Crippen molar-refractivity contribution in [3.63, 3.8) is 0 Å². The van der Waals surface area contributed by atoms with Crippen molar-refractivity contribution in [1.82, 2.24) is 5.32 Å². The van der Waals surface area contributed by atoms with Gasteiger partial charge in [0, 0.05) is 37.9 Å². The molecular weight excluding hydrogens is 859 g/mol. The van der Waals surface area contributed by atoms with Gasteiger partial charge >= 0.3 is 5.97 Å². The van der Waals surface area contributed by atoms with Gasteiger partial charge in [0.15, 0.2) is 17.3 Å². The van der Waals surface area contributed by atoms with E-state index in [1.807, 2.05) is 54.6 Å². The lowest BCUT2D eigenvalue weighted by Gasteiger charge is -2.23. The molecule has 4 aromatic carbocycles. The minimum Gasteiger partial charge on any atom is -0.507 e. The number of aliphatic hydroxyl groups excluding tert-OH is 1. The Hall–Kier alpha value is -6.67. The van der Waals surface area contributed by atoms with Crippen LogP contribution in [-0.2, 0) is 71.3 Å². The molecule has 4 aliphatic rings. The second-order valence-corrected chi connectivity index (χ2v) is 22.2. The van der Waals surface area contributed by atoms with Gasteiger partial charge in [-0.2, -0.15) is 0 Å². The standard InChI is InChI=1S/C16H19NO2.C15H16O3.C15H18.C14H16O2.CH4/c1-16(2,3)11-6-5-10-7-12(18)9-14(13(10)8-11)15(19)17-4;1-15(2,3)10-5-4-9-6-11(16)8-13(14(17)18)12(9)7-10;1-11-5-6-13-10-14(15(2,3)4)8-7-12(13)9-11;1-14(2,3)10-5-4-9-6-11(15)8-13(16)12(9)7-10;/h5-6,8-9H,7H2,1-4H3,(H,17,19);4-5,7-8H,6H2,1-3H3,(H,17,18);5-8,10H,1,9H2,2-4H3;4-5,7-8,16H,6H2,1-3H3;1H4. The predicted octanol–water partition coefficient (Wildman–Crippen LogP) is 12.6. The molecule has 0 atom stereocenters. The average Bonchev–Trinajstić information content (AvgIpc) is 3.24. The van der Waals surface area contributed by atoms with Crippen molar-refractivity contribution in [2.45, 2.75) is 138 Å². The molecule has 0 aromatic heterocycles. The second-order valence-electron chi connectivity index (χ2n) is 22.2. The third kappa shape index (κ3) is 14.0. The summed E-state index contributed by atoms with van der Waals surface area (Å²) in [6.07, 6.45) is 10.3. The van der Waals surface area contributed by atoms with Gasteiger partial charge in [-0.25, -0.2) is 4.79 Å². The molecular formula is C61H73NO7. The Morgan fingerprint density at radius 2 is 0.870 bits per heavy atom. The van der Waals surface area contributed by atoms with Gasteiger partial charge in [-0.05, 0) is 107 Å². The van der Waals surface area contributed by atoms with Crippen LogP contribution in [-0.4, -0.2) is 46.5 Å². The van der Waals surface area contributed by atoms with Crippen LogP contribution >= 0.6 is 0 Å². The third-order valence-electron chi connectivity index (χ3n) is 12.4. The summed E-state index contributed by atoms with van der Waals surface area (Å²) in [4.78, 5) is 57.6. The van der Waals surface area contributed by atoms with Gasteiger partial charge in [0.2, 0.25) is 0 Å². The highest BCUT2D eigenvalue weighted by atomic mass is 16.4. The van der Waals surface area contributed by atoms with E-state index in [0.29, 0.717) is 24.0 Å². The molecule has 8 rings (SSSR count). The molecule has 8 nitrogen and oxygen atoms in total. The van der Waals surface area contributed by atoms with Gasteiger partial charge in [0.25, 0.3) is 5.91 Å². The summed E-state index contributed by atoms with van der Waals surface area (Å²) < 4.78 is 0. The van der Waals surface area contributed by atoms with Crippen molar-refractivity contribution in [2.24, 2.45) is 0 Å². The fraction of sp³-hybridized carbons (Fsp3) is 0.361. The molecule has 0 saturated carbocycles. The number of carbonyl (C=O) groups excluding carboxylic acids is 4. The highest BCUT2D eigenvalue weighted by Gasteiger charge is 2.27. The van der Waals surface area contributed by atoms with Crippen molar-refractivity contribution >= 4 is 52.2 Å². The Balaban J connectivity index is 0.000000200. The predicted molar refractivity (Wildman–Crippen MR) is 284 cm³/mol. The van der Waals surface area contributed by atoms with E-state index in [9.17, 15) is 34.2 Å². The Morgan fingerprint density at radius 1 is 0.507 bits per heavy atom. The number of fused-ring (bicyclic) bond motifs is 4. The van der Waals surface area contributed by atoms with E-state index < -0.39 is 5.97 Å².